The van der Waals surface area contributed by atoms with Crippen molar-refractivity contribution in [2.45, 2.75) is 13.8 Å². The summed E-state index contributed by atoms with van der Waals surface area (Å²) >= 11 is 5.59. The zero-order valence-electron chi connectivity index (χ0n) is 9.24. The summed E-state index contributed by atoms with van der Waals surface area (Å²) in [5.41, 5.74) is 1.32. The molecule has 0 atom stereocenters. The van der Waals surface area contributed by atoms with E-state index in [2.05, 4.69) is 10.3 Å². The summed E-state index contributed by atoms with van der Waals surface area (Å²) in [5.74, 6) is -0.716. The predicted octanol–water partition coefficient (Wildman–Crippen LogP) is 2.57. The van der Waals surface area contributed by atoms with Crippen molar-refractivity contribution in [3.05, 3.63) is 40.4 Å². The van der Waals surface area contributed by atoms with E-state index in [1.54, 1.807) is 13.0 Å². The van der Waals surface area contributed by atoms with Crippen LogP contribution in [0.4, 0.5) is 4.39 Å². The van der Waals surface area contributed by atoms with Crippen LogP contribution in [-0.2, 0) is 0 Å². The maximum absolute atomic E-state index is 13.3. The van der Waals surface area contributed by atoms with Crippen LogP contribution in [0.15, 0.2) is 18.2 Å². The summed E-state index contributed by atoms with van der Waals surface area (Å²) in [5, 5.41) is 7.61. The molecule has 0 unspecified atom stereocenters. The third-order valence-electron chi connectivity index (χ3n) is 2.38. The number of carbonyl (C=O) groups is 1. The Balaban J connectivity index is 2.53. The SMILES string of the molecule is CC(=O)c1nnn(-c2ccc(Cl)c(F)c2)c1C. The fourth-order valence-electron chi connectivity index (χ4n) is 1.52. The number of hydrogen-bond donors (Lipinski definition) is 0. The van der Waals surface area contributed by atoms with Crippen LogP contribution in [0, 0.1) is 12.7 Å². The Bertz CT molecular complexity index is 594. The topological polar surface area (TPSA) is 47.8 Å². The first kappa shape index (κ1) is 11.7. The average Bonchev–Trinajstić information content (AvgIpc) is 2.64. The molecule has 0 aliphatic heterocycles. The molecule has 0 radical (unpaired) electrons. The van der Waals surface area contributed by atoms with Crippen LogP contribution in [0.25, 0.3) is 5.69 Å². The molecule has 0 spiro atoms. The summed E-state index contributed by atoms with van der Waals surface area (Å²) in [4.78, 5) is 11.2. The molecular formula is C11H9ClFN3O. The van der Waals surface area contributed by atoms with Crippen LogP contribution in [0.1, 0.15) is 23.1 Å². The second-order valence-corrected chi connectivity index (χ2v) is 4.00. The quantitative estimate of drug-likeness (QED) is 0.773. The molecule has 88 valence electrons. The van der Waals surface area contributed by atoms with Gasteiger partial charge < -0.3 is 0 Å². The number of benzene rings is 1. The number of ketones is 1. The number of nitrogens with zero attached hydrogens (tertiary/aromatic N) is 3. The van der Waals surface area contributed by atoms with Crippen molar-refractivity contribution in [2.75, 3.05) is 0 Å². The third kappa shape index (κ3) is 2.06. The lowest BCUT2D eigenvalue weighted by Gasteiger charge is -2.03. The molecule has 0 bridgehead atoms. The van der Waals surface area contributed by atoms with Gasteiger partial charge in [-0.15, -0.1) is 5.10 Å². The lowest BCUT2D eigenvalue weighted by molar-refractivity contribution is 0.101. The number of rotatable bonds is 2. The average molecular weight is 254 g/mol. The lowest BCUT2D eigenvalue weighted by atomic mass is 10.2. The molecule has 1 heterocycles. The first-order chi connectivity index (χ1) is 8.00. The number of Topliss-reactive ketones (excluding diaryl/α,β-unsaturated/α-hetero) is 1. The van der Waals surface area contributed by atoms with Gasteiger partial charge in [0, 0.05) is 13.0 Å². The highest BCUT2D eigenvalue weighted by Crippen LogP contribution is 2.19. The molecule has 0 saturated carbocycles. The second-order valence-electron chi connectivity index (χ2n) is 3.59. The number of aromatic nitrogens is 3. The first-order valence-corrected chi connectivity index (χ1v) is 5.27. The van der Waals surface area contributed by atoms with E-state index >= 15 is 0 Å². The Hall–Kier alpha value is -1.75. The van der Waals surface area contributed by atoms with Crippen LogP contribution in [0.2, 0.25) is 5.02 Å². The molecule has 6 heteroatoms. The van der Waals surface area contributed by atoms with E-state index in [1.165, 1.54) is 23.7 Å². The molecule has 0 saturated heterocycles. The van der Waals surface area contributed by atoms with Crippen LogP contribution in [0.3, 0.4) is 0 Å². The monoisotopic (exact) mass is 253 g/mol. The van der Waals surface area contributed by atoms with E-state index in [-0.39, 0.29) is 16.5 Å². The van der Waals surface area contributed by atoms with Crippen molar-refractivity contribution < 1.29 is 9.18 Å². The molecule has 0 N–H and O–H groups in total. The van der Waals surface area contributed by atoms with Crippen molar-refractivity contribution in [1.82, 2.24) is 15.0 Å². The van der Waals surface area contributed by atoms with Gasteiger partial charge in [-0.3, -0.25) is 4.79 Å². The highest BCUT2D eigenvalue weighted by Gasteiger charge is 2.14. The summed E-state index contributed by atoms with van der Waals surface area (Å²) in [7, 11) is 0. The van der Waals surface area contributed by atoms with Gasteiger partial charge in [-0.25, -0.2) is 9.07 Å². The smallest absolute Gasteiger partial charge is 0.181 e. The zero-order chi connectivity index (χ0) is 12.6. The molecule has 1 aromatic carbocycles. The van der Waals surface area contributed by atoms with Gasteiger partial charge in [0.25, 0.3) is 0 Å². The van der Waals surface area contributed by atoms with E-state index in [4.69, 9.17) is 11.6 Å². The van der Waals surface area contributed by atoms with E-state index in [0.717, 1.165) is 0 Å². The summed E-state index contributed by atoms with van der Waals surface area (Å²) in [6.07, 6.45) is 0. The Kier molecular flexibility index (Phi) is 2.93. The van der Waals surface area contributed by atoms with Crippen LogP contribution < -0.4 is 0 Å². The third-order valence-corrected chi connectivity index (χ3v) is 2.68. The first-order valence-electron chi connectivity index (χ1n) is 4.89. The minimum absolute atomic E-state index is 0.0401. The van der Waals surface area contributed by atoms with Gasteiger partial charge in [0.1, 0.15) is 5.82 Å². The van der Waals surface area contributed by atoms with Crippen molar-refractivity contribution in [1.29, 1.82) is 0 Å². The van der Waals surface area contributed by atoms with Crippen LogP contribution >= 0.6 is 11.6 Å². The standard InChI is InChI=1S/C11H9ClFN3O/c1-6-11(7(2)17)14-15-16(6)8-3-4-9(12)10(13)5-8/h3-5H,1-2H3. The van der Waals surface area contributed by atoms with E-state index < -0.39 is 5.82 Å². The summed E-state index contributed by atoms with van der Waals surface area (Å²) in [6, 6.07) is 4.28. The Morgan fingerprint density at radius 3 is 2.71 bits per heavy atom. The van der Waals surface area contributed by atoms with E-state index in [1.807, 2.05) is 0 Å². The number of carbonyl (C=O) groups excluding carboxylic acids is 1. The minimum Gasteiger partial charge on any atom is -0.293 e. The second kappa shape index (κ2) is 4.25. The van der Waals surface area contributed by atoms with Crippen molar-refractivity contribution in [2.24, 2.45) is 0 Å². The molecule has 4 nitrogen and oxygen atoms in total. The van der Waals surface area contributed by atoms with Gasteiger partial charge in [0.2, 0.25) is 0 Å². The molecule has 0 aliphatic carbocycles. The van der Waals surface area contributed by atoms with Crippen molar-refractivity contribution >= 4 is 17.4 Å². The van der Waals surface area contributed by atoms with Gasteiger partial charge in [-0.05, 0) is 19.1 Å². The van der Waals surface area contributed by atoms with Gasteiger partial charge in [0.05, 0.1) is 16.4 Å². The molecule has 2 rings (SSSR count). The van der Waals surface area contributed by atoms with Gasteiger partial charge in [0.15, 0.2) is 11.5 Å². The van der Waals surface area contributed by atoms with Gasteiger partial charge in [-0.2, -0.15) is 0 Å². The molecular weight excluding hydrogens is 245 g/mol. The molecule has 1 aromatic heterocycles. The minimum atomic E-state index is -0.538. The lowest BCUT2D eigenvalue weighted by Crippen LogP contribution is -2.01. The fraction of sp³-hybridized carbons (Fsp3) is 0.182. The number of hydrogen-bond acceptors (Lipinski definition) is 3. The molecule has 0 amide bonds. The predicted molar refractivity (Wildman–Crippen MR) is 61.1 cm³/mol. The van der Waals surface area contributed by atoms with E-state index in [9.17, 15) is 9.18 Å². The molecule has 0 fully saturated rings. The number of halogens is 2. The Morgan fingerprint density at radius 2 is 2.18 bits per heavy atom. The molecule has 2 aromatic rings. The summed E-state index contributed by atoms with van der Waals surface area (Å²) in [6.45, 7) is 3.10. The summed E-state index contributed by atoms with van der Waals surface area (Å²) < 4.78 is 14.7. The normalized spacial score (nSPS) is 10.6. The largest absolute Gasteiger partial charge is 0.293 e. The van der Waals surface area contributed by atoms with E-state index in [0.29, 0.717) is 11.4 Å². The van der Waals surface area contributed by atoms with Crippen LogP contribution in [-0.4, -0.2) is 20.8 Å². The van der Waals surface area contributed by atoms with Gasteiger partial charge >= 0.3 is 0 Å². The van der Waals surface area contributed by atoms with Crippen molar-refractivity contribution in [3.8, 4) is 5.69 Å². The van der Waals surface area contributed by atoms with Crippen molar-refractivity contribution in [3.63, 3.8) is 0 Å². The maximum Gasteiger partial charge on any atom is 0.181 e. The zero-order valence-corrected chi connectivity index (χ0v) is 9.99. The maximum atomic E-state index is 13.3. The van der Waals surface area contributed by atoms with Gasteiger partial charge in [-0.1, -0.05) is 16.8 Å². The Morgan fingerprint density at radius 1 is 1.47 bits per heavy atom. The highest BCUT2D eigenvalue weighted by molar-refractivity contribution is 6.30. The van der Waals surface area contributed by atoms with Crippen LogP contribution in [0.5, 0.6) is 0 Å². The molecule has 0 aliphatic rings. The highest BCUT2D eigenvalue weighted by atomic mass is 35.5. The molecule has 17 heavy (non-hydrogen) atoms. The Labute approximate surface area is 102 Å². The fourth-order valence-corrected chi connectivity index (χ4v) is 1.63.